The van der Waals surface area contributed by atoms with Gasteiger partial charge in [0.25, 0.3) is 5.79 Å². The molecule has 13 heavy (non-hydrogen) atoms. The summed E-state index contributed by atoms with van der Waals surface area (Å²) in [4.78, 5) is 10.4. The quantitative estimate of drug-likeness (QED) is 0.432. The van der Waals surface area contributed by atoms with Gasteiger partial charge < -0.3 is 20.4 Å². The van der Waals surface area contributed by atoms with Gasteiger partial charge in [0.15, 0.2) is 0 Å². The van der Waals surface area contributed by atoms with E-state index in [1.807, 2.05) is 0 Å². The van der Waals surface area contributed by atoms with E-state index in [1.54, 1.807) is 0 Å². The highest BCUT2D eigenvalue weighted by Crippen LogP contribution is 2.31. The van der Waals surface area contributed by atoms with Crippen LogP contribution >= 0.6 is 0 Å². The zero-order chi connectivity index (χ0) is 10.1. The molecule has 1 aliphatic carbocycles. The Labute approximate surface area is 75.6 Å². The van der Waals surface area contributed by atoms with Gasteiger partial charge in [0.05, 0.1) is 6.10 Å². The van der Waals surface area contributed by atoms with E-state index in [1.165, 1.54) is 0 Å². The Morgan fingerprint density at radius 1 is 1.31 bits per heavy atom. The van der Waals surface area contributed by atoms with Gasteiger partial charge in [-0.25, -0.2) is 4.79 Å². The fourth-order valence-corrected chi connectivity index (χ4v) is 1.70. The van der Waals surface area contributed by atoms with Crippen LogP contribution in [0, 0.1) is 5.92 Å². The van der Waals surface area contributed by atoms with Crippen molar-refractivity contribution >= 4 is 5.97 Å². The number of carboxylic acids is 1. The summed E-state index contributed by atoms with van der Waals surface area (Å²) in [6.45, 7) is 0. The highest BCUT2D eigenvalue weighted by molar-refractivity contribution is 5.75. The highest BCUT2D eigenvalue weighted by atomic mass is 16.5. The first-order valence-corrected chi connectivity index (χ1v) is 4.30. The molecule has 0 heterocycles. The summed E-state index contributed by atoms with van der Waals surface area (Å²) in [6.07, 6.45) is 1.18. The second kappa shape index (κ2) is 3.61. The van der Waals surface area contributed by atoms with Gasteiger partial charge in [-0.15, -0.1) is 0 Å². The summed E-state index contributed by atoms with van der Waals surface area (Å²) < 4.78 is 0. The van der Waals surface area contributed by atoms with Crippen LogP contribution in [0.1, 0.15) is 25.7 Å². The van der Waals surface area contributed by atoms with Gasteiger partial charge in [0, 0.05) is 5.92 Å². The fraction of sp³-hybridized carbons (Fsp3) is 0.875. The predicted molar refractivity (Wildman–Crippen MR) is 42.8 cm³/mol. The van der Waals surface area contributed by atoms with E-state index in [9.17, 15) is 20.1 Å². The number of rotatable bonds is 2. The highest BCUT2D eigenvalue weighted by Gasteiger charge is 2.44. The van der Waals surface area contributed by atoms with Gasteiger partial charge >= 0.3 is 5.97 Å². The minimum atomic E-state index is -2.69. The Kier molecular flexibility index (Phi) is 2.90. The van der Waals surface area contributed by atoms with Crippen LogP contribution in [0.2, 0.25) is 0 Å². The van der Waals surface area contributed by atoms with Gasteiger partial charge in [-0.1, -0.05) is 6.42 Å². The average molecular weight is 190 g/mol. The Bertz CT molecular complexity index is 201. The molecule has 0 aliphatic heterocycles. The van der Waals surface area contributed by atoms with Crippen molar-refractivity contribution in [1.82, 2.24) is 0 Å². The third-order valence-electron chi connectivity index (χ3n) is 2.53. The first-order chi connectivity index (χ1) is 5.94. The largest absolute Gasteiger partial charge is 0.477 e. The Hall–Kier alpha value is -0.650. The molecule has 0 spiro atoms. The van der Waals surface area contributed by atoms with Crippen LogP contribution in [0.3, 0.4) is 0 Å². The summed E-state index contributed by atoms with van der Waals surface area (Å²) in [6, 6.07) is 0. The van der Waals surface area contributed by atoms with Crippen molar-refractivity contribution in [2.45, 2.75) is 37.6 Å². The lowest BCUT2D eigenvalue weighted by molar-refractivity contribution is -0.229. The summed E-state index contributed by atoms with van der Waals surface area (Å²) in [5.74, 6) is -5.11. The second-order valence-electron chi connectivity index (χ2n) is 3.55. The molecular formula is C8H14O5. The molecule has 0 aromatic heterocycles. The van der Waals surface area contributed by atoms with Gasteiger partial charge in [0.2, 0.25) is 0 Å². The molecular weight excluding hydrogens is 176 g/mol. The third kappa shape index (κ3) is 2.18. The smallest absolute Gasteiger partial charge is 0.364 e. The average Bonchev–Trinajstić information content (AvgIpc) is 2.04. The van der Waals surface area contributed by atoms with Gasteiger partial charge in [0.1, 0.15) is 0 Å². The Morgan fingerprint density at radius 3 is 2.38 bits per heavy atom. The van der Waals surface area contributed by atoms with Crippen molar-refractivity contribution in [2.24, 2.45) is 5.92 Å². The maximum atomic E-state index is 10.4. The van der Waals surface area contributed by atoms with Crippen LogP contribution in [0.4, 0.5) is 0 Å². The number of hydrogen-bond acceptors (Lipinski definition) is 4. The minimum Gasteiger partial charge on any atom is -0.477 e. The molecule has 0 amide bonds. The molecule has 1 fully saturated rings. The Balaban J connectivity index is 2.64. The lowest BCUT2D eigenvalue weighted by Crippen LogP contribution is -2.48. The van der Waals surface area contributed by atoms with E-state index in [0.717, 1.165) is 0 Å². The second-order valence-corrected chi connectivity index (χ2v) is 3.55. The summed E-state index contributed by atoms with van der Waals surface area (Å²) in [7, 11) is 0. The molecule has 2 atom stereocenters. The van der Waals surface area contributed by atoms with Crippen LogP contribution in [-0.2, 0) is 4.79 Å². The summed E-state index contributed by atoms with van der Waals surface area (Å²) in [5, 5.41) is 36.1. The number of hydrogen-bond donors (Lipinski definition) is 4. The molecule has 0 bridgehead atoms. The molecule has 0 unspecified atom stereocenters. The van der Waals surface area contributed by atoms with Gasteiger partial charge in [-0.3, -0.25) is 0 Å². The number of carboxylic acid groups (broad SMARTS) is 1. The maximum absolute atomic E-state index is 10.4. The van der Waals surface area contributed by atoms with Crippen molar-refractivity contribution in [1.29, 1.82) is 0 Å². The molecule has 5 nitrogen and oxygen atoms in total. The molecule has 0 aromatic carbocycles. The van der Waals surface area contributed by atoms with Crippen LogP contribution in [-0.4, -0.2) is 38.3 Å². The monoisotopic (exact) mass is 190 g/mol. The van der Waals surface area contributed by atoms with Crippen LogP contribution in [0.25, 0.3) is 0 Å². The molecule has 1 saturated carbocycles. The predicted octanol–water partition coefficient (Wildman–Crippen LogP) is -0.697. The lowest BCUT2D eigenvalue weighted by Gasteiger charge is -2.32. The van der Waals surface area contributed by atoms with Crippen molar-refractivity contribution < 1.29 is 25.2 Å². The van der Waals surface area contributed by atoms with Gasteiger partial charge in [-0.05, 0) is 19.3 Å². The third-order valence-corrected chi connectivity index (χ3v) is 2.53. The van der Waals surface area contributed by atoms with Gasteiger partial charge in [-0.2, -0.15) is 0 Å². The van der Waals surface area contributed by atoms with Crippen molar-refractivity contribution in [3.05, 3.63) is 0 Å². The van der Waals surface area contributed by atoms with Crippen LogP contribution in [0.15, 0.2) is 0 Å². The lowest BCUT2D eigenvalue weighted by atomic mass is 9.81. The first kappa shape index (κ1) is 10.4. The molecule has 0 saturated heterocycles. The zero-order valence-electron chi connectivity index (χ0n) is 7.18. The molecule has 76 valence electrons. The van der Waals surface area contributed by atoms with Crippen molar-refractivity contribution in [2.75, 3.05) is 0 Å². The summed E-state index contributed by atoms with van der Waals surface area (Å²) in [5.41, 5.74) is 0. The topological polar surface area (TPSA) is 98.0 Å². The number of carbonyl (C=O) groups is 1. The molecule has 4 N–H and O–H groups in total. The molecule has 5 heteroatoms. The number of aliphatic hydroxyl groups is 3. The standard InChI is InChI=1S/C8H14O5/c9-6-3-1-2-5(4-6)8(12,13)7(10)11/h5-6,9,12-13H,1-4H2,(H,10,11)/t5-,6-/m0/s1. The minimum absolute atomic E-state index is 0.138. The van der Waals surface area contributed by atoms with Crippen molar-refractivity contribution in [3.8, 4) is 0 Å². The molecule has 0 aromatic rings. The normalized spacial score (nSPS) is 30.1. The van der Waals surface area contributed by atoms with E-state index in [2.05, 4.69) is 0 Å². The Morgan fingerprint density at radius 2 is 1.92 bits per heavy atom. The maximum Gasteiger partial charge on any atom is 0.364 e. The summed E-state index contributed by atoms with van der Waals surface area (Å²) >= 11 is 0. The van der Waals surface area contributed by atoms with Crippen LogP contribution in [0.5, 0.6) is 0 Å². The fourth-order valence-electron chi connectivity index (χ4n) is 1.70. The van der Waals surface area contributed by atoms with E-state index in [0.29, 0.717) is 19.3 Å². The number of aliphatic carboxylic acids is 1. The van der Waals surface area contributed by atoms with E-state index in [4.69, 9.17) is 5.11 Å². The SMILES string of the molecule is O=C(O)C(O)(O)[C@H]1CCC[C@H](O)C1. The zero-order valence-corrected chi connectivity index (χ0v) is 7.18. The van der Waals surface area contributed by atoms with E-state index < -0.39 is 23.8 Å². The molecule has 1 rings (SSSR count). The van der Waals surface area contributed by atoms with E-state index >= 15 is 0 Å². The first-order valence-electron chi connectivity index (χ1n) is 4.30. The number of aliphatic hydroxyl groups excluding tert-OH is 1. The van der Waals surface area contributed by atoms with E-state index in [-0.39, 0.29) is 6.42 Å². The molecule has 1 aliphatic rings. The van der Waals surface area contributed by atoms with Crippen LogP contribution < -0.4 is 0 Å². The molecule has 0 radical (unpaired) electrons. The van der Waals surface area contributed by atoms with Crippen molar-refractivity contribution in [3.63, 3.8) is 0 Å².